The number of imidazole rings is 1. The third kappa shape index (κ3) is 3.68. The van der Waals surface area contributed by atoms with Crippen molar-refractivity contribution in [2.45, 2.75) is 32.1 Å². The predicted molar refractivity (Wildman–Crippen MR) is 102 cm³/mol. The summed E-state index contributed by atoms with van der Waals surface area (Å²) in [5.74, 6) is 2.30. The van der Waals surface area contributed by atoms with E-state index >= 15 is 0 Å². The lowest BCUT2D eigenvalue weighted by Crippen LogP contribution is -2.36. The van der Waals surface area contributed by atoms with E-state index in [1.165, 1.54) is 24.9 Å². The monoisotopic (exact) mass is 347 g/mol. The van der Waals surface area contributed by atoms with Gasteiger partial charge in [-0.1, -0.05) is 30.3 Å². The molecule has 26 heavy (non-hydrogen) atoms. The highest BCUT2D eigenvalue weighted by molar-refractivity contribution is 5.33. The summed E-state index contributed by atoms with van der Waals surface area (Å²) in [6, 6.07) is 10.7. The van der Waals surface area contributed by atoms with Gasteiger partial charge in [-0.3, -0.25) is 9.55 Å². The number of benzene rings is 1. The lowest BCUT2D eigenvalue weighted by molar-refractivity contribution is 0.208. The highest BCUT2D eigenvalue weighted by Crippen LogP contribution is 2.29. The molecule has 1 aliphatic rings. The first kappa shape index (κ1) is 16.9. The highest BCUT2D eigenvalue weighted by atomic mass is 15.2. The minimum absolute atomic E-state index is 0.421. The Balaban J connectivity index is 1.49. The van der Waals surface area contributed by atoms with Crippen LogP contribution >= 0.6 is 0 Å². The summed E-state index contributed by atoms with van der Waals surface area (Å²) >= 11 is 0. The van der Waals surface area contributed by atoms with Gasteiger partial charge in [0.2, 0.25) is 0 Å². The number of likely N-dealkylation sites (tertiary alicyclic amines) is 1. The summed E-state index contributed by atoms with van der Waals surface area (Å²) in [5.41, 5.74) is 2.50. The molecule has 0 unspecified atom stereocenters. The van der Waals surface area contributed by atoms with Crippen LogP contribution in [0, 0.1) is 6.92 Å². The van der Waals surface area contributed by atoms with Crippen molar-refractivity contribution in [1.82, 2.24) is 24.4 Å². The Morgan fingerprint density at radius 2 is 1.88 bits per heavy atom. The van der Waals surface area contributed by atoms with E-state index in [-0.39, 0.29) is 0 Å². The van der Waals surface area contributed by atoms with Gasteiger partial charge in [0.15, 0.2) is 5.82 Å². The maximum absolute atomic E-state index is 4.71. The number of hydrogen-bond acceptors (Lipinski definition) is 4. The van der Waals surface area contributed by atoms with Crippen LogP contribution in [0.15, 0.2) is 55.1 Å². The van der Waals surface area contributed by atoms with Gasteiger partial charge in [-0.05, 0) is 38.3 Å². The van der Waals surface area contributed by atoms with Gasteiger partial charge < -0.3 is 4.90 Å². The molecule has 1 saturated heterocycles. The fourth-order valence-corrected chi connectivity index (χ4v) is 3.83. The molecule has 4 rings (SSSR count). The zero-order chi connectivity index (χ0) is 17.8. The first-order chi connectivity index (χ1) is 12.8. The first-order valence-corrected chi connectivity index (χ1v) is 9.39. The lowest BCUT2D eigenvalue weighted by Gasteiger charge is -2.33. The van der Waals surface area contributed by atoms with Crippen molar-refractivity contribution in [2.24, 2.45) is 0 Å². The number of rotatable bonds is 5. The van der Waals surface area contributed by atoms with Crippen LogP contribution in [0.25, 0.3) is 5.82 Å². The summed E-state index contributed by atoms with van der Waals surface area (Å²) < 4.78 is 2.05. The van der Waals surface area contributed by atoms with E-state index in [0.717, 1.165) is 36.8 Å². The van der Waals surface area contributed by atoms with Crippen molar-refractivity contribution in [1.29, 1.82) is 0 Å². The van der Waals surface area contributed by atoms with Crippen molar-refractivity contribution >= 4 is 0 Å². The van der Waals surface area contributed by atoms with Crippen LogP contribution in [-0.4, -0.2) is 44.1 Å². The van der Waals surface area contributed by atoms with Crippen LogP contribution in [0.1, 0.15) is 35.8 Å². The topological polar surface area (TPSA) is 46.8 Å². The molecule has 3 heterocycles. The van der Waals surface area contributed by atoms with Crippen molar-refractivity contribution in [3.63, 3.8) is 0 Å². The van der Waals surface area contributed by atoms with Gasteiger partial charge >= 0.3 is 0 Å². The first-order valence-electron chi connectivity index (χ1n) is 9.39. The van der Waals surface area contributed by atoms with Gasteiger partial charge in [-0.2, -0.15) is 0 Å². The second-order valence-electron chi connectivity index (χ2n) is 6.99. The summed E-state index contributed by atoms with van der Waals surface area (Å²) in [4.78, 5) is 16.2. The normalized spacial score (nSPS) is 18.1. The van der Waals surface area contributed by atoms with Crippen molar-refractivity contribution in [3.05, 3.63) is 72.2 Å². The maximum atomic E-state index is 4.71. The van der Waals surface area contributed by atoms with E-state index in [9.17, 15) is 0 Å². The molecular weight excluding hydrogens is 322 g/mol. The van der Waals surface area contributed by atoms with Gasteiger partial charge in [0, 0.05) is 43.8 Å². The van der Waals surface area contributed by atoms with Crippen molar-refractivity contribution in [2.75, 3.05) is 19.6 Å². The largest absolute Gasteiger partial charge is 0.302 e. The summed E-state index contributed by atoms with van der Waals surface area (Å²) in [7, 11) is 0. The van der Waals surface area contributed by atoms with E-state index in [4.69, 9.17) is 4.98 Å². The molecule has 1 aromatic carbocycles. The Hall–Kier alpha value is -2.53. The molecule has 3 aromatic rings. The molecule has 0 bridgehead atoms. The second kappa shape index (κ2) is 7.79. The molecule has 0 saturated carbocycles. The lowest BCUT2D eigenvalue weighted by atomic mass is 9.94. The molecule has 5 nitrogen and oxygen atoms in total. The fraction of sp³-hybridized carbons (Fsp3) is 0.381. The highest BCUT2D eigenvalue weighted by Gasteiger charge is 2.25. The molecule has 134 valence electrons. The molecule has 0 amide bonds. The Labute approximate surface area is 154 Å². The smallest absolute Gasteiger partial charge is 0.160 e. The van der Waals surface area contributed by atoms with Crippen molar-refractivity contribution in [3.8, 4) is 5.82 Å². The van der Waals surface area contributed by atoms with E-state index in [2.05, 4.69) is 45.2 Å². The van der Waals surface area contributed by atoms with Crippen LogP contribution < -0.4 is 0 Å². The number of nitrogens with zero attached hydrogens (tertiary/aromatic N) is 5. The van der Waals surface area contributed by atoms with Gasteiger partial charge in [0.1, 0.15) is 5.82 Å². The van der Waals surface area contributed by atoms with E-state index in [0.29, 0.717) is 5.92 Å². The minimum Gasteiger partial charge on any atom is -0.302 e. The van der Waals surface area contributed by atoms with E-state index < -0.39 is 0 Å². The average Bonchev–Trinajstić information content (AvgIpc) is 3.13. The second-order valence-corrected chi connectivity index (χ2v) is 6.99. The van der Waals surface area contributed by atoms with Crippen LogP contribution in [0.2, 0.25) is 0 Å². The molecule has 5 heteroatoms. The zero-order valence-corrected chi connectivity index (χ0v) is 15.3. The standard InChI is InChI=1S/C21H25N5/c1-17-22-12-15-26(17)21-20(23-10-11-24-21)19-8-5-13-25(16-19)14-9-18-6-3-2-4-7-18/h2-4,6-7,10-12,15,19H,5,8-9,13-14,16H2,1H3/t19-/m0/s1. The molecule has 0 radical (unpaired) electrons. The van der Waals surface area contributed by atoms with Gasteiger partial charge in [-0.15, -0.1) is 0 Å². The quantitative estimate of drug-likeness (QED) is 0.710. The third-order valence-corrected chi connectivity index (χ3v) is 5.21. The predicted octanol–water partition coefficient (Wildman–Crippen LogP) is 3.39. The Morgan fingerprint density at radius 3 is 2.69 bits per heavy atom. The van der Waals surface area contributed by atoms with Gasteiger partial charge in [0.25, 0.3) is 0 Å². The third-order valence-electron chi connectivity index (χ3n) is 5.21. The number of aromatic nitrogens is 4. The SMILES string of the molecule is Cc1nccn1-c1nccnc1[C@H]1CCCN(CCc2ccccc2)C1. The Bertz CT molecular complexity index is 842. The van der Waals surface area contributed by atoms with Crippen LogP contribution in [0.4, 0.5) is 0 Å². The molecular formula is C21H25N5. The molecule has 0 spiro atoms. The van der Waals surface area contributed by atoms with E-state index in [1.54, 1.807) is 6.20 Å². The summed E-state index contributed by atoms with van der Waals surface area (Å²) in [6.07, 6.45) is 10.9. The molecule has 0 aliphatic carbocycles. The minimum atomic E-state index is 0.421. The summed E-state index contributed by atoms with van der Waals surface area (Å²) in [5, 5.41) is 0. The maximum Gasteiger partial charge on any atom is 0.160 e. The zero-order valence-electron chi connectivity index (χ0n) is 15.3. The van der Waals surface area contributed by atoms with Crippen LogP contribution in [0.5, 0.6) is 0 Å². The molecule has 1 aliphatic heterocycles. The molecule has 0 N–H and O–H groups in total. The Kier molecular flexibility index (Phi) is 5.07. The average molecular weight is 347 g/mol. The van der Waals surface area contributed by atoms with E-state index in [1.807, 2.05) is 30.1 Å². The molecule has 1 fully saturated rings. The summed E-state index contributed by atoms with van der Waals surface area (Å²) in [6.45, 7) is 5.32. The number of piperidine rings is 1. The van der Waals surface area contributed by atoms with Crippen LogP contribution in [0.3, 0.4) is 0 Å². The van der Waals surface area contributed by atoms with Crippen LogP contribution in [-0.2, 0) is 6.42 Å². The van der Waals surface area contributed by atoms with Crippen molar-refractivity contribution < 1.29 is 0 Å². The number of aryl methyl sites for hydroxylation is 1. The van der Waals surface area contributed by atoms with Gasteiger partial charge in [0.05, 0.1) is 5.69 Å². The fourth-order valence-electron chi connectivity index (χ4n) is 3.83. The van der Waals surface area contributed by atoms with Gasteiger partial charge in [-0.25, -0.2) is 9.97 Å². The molecule has 2 aromatic heterocycles. The number of hydrogen-bond donors (Lipinski definition) is 0. The molecule has 1 atom stereocenters. The Morgan fingerprint density at radius 1 is 1.04 bits per heavy atom.